The molecule has 0 bridgehead atoms. The molecule has 0 N–H and O–H groups in total. The summed E-state index contributed by atoms with van der Waals surface area (Å²) in [6.07, 6.45) is 0. The Labute approximate surface area is 134 Å². The number of hydrogen-bond donors (Lipinski definition) is 0. The highest BCUT2D eigenvalue weighted by Gasteiger charge is 2.88. The van der Waals surface area contributed by atoms with E-state index in [1.165, 1.54) is 5.56 Å². The van der Waals surface area contributed by atoms with Gasteiger partial charge in [0.2, 0.25) is 0 Å². The summed E-state index contributed by atoms with van der Waals surface area (Å²) in [5, 5.41) is 0. The van der Waals surface area contributed by atoms with Crippen LogP contribution in [0.1, 0.15) is 30.9 Å². The summed E-state index contributed by atoms with van der Waals surface area (Å²) in [6.45, 7) is 4.14. The molecule has 0 aromatic heterocycles. The quantitative estimate of drug-likeness (QED) is 0.659. The molecule has 1 saturated carbocycles. The fourth-order valence-corrected chi connectivity index (χ4v) is 4.88. The van der Waals surface area contributed by atoms with Gasteiger partial charge in [0, 0.05) is 11.5 Å². The van der Waals surface area contributed by atoms with E-state index in [0.29, 0.717) is 0 Å². The Hall–Kier alpha value is -1.18. The SMILES string of the molecule is C[C@@]12[C@@H](c3ccccc3)c3ccccc3O[C@]1(C)C2(Cl)Cl. The van der Waals surface area contributed by atoms with Crippen molar-refractivity contribution < 1.29 is 4.74 Å². The molecular formula is C18H16Cl2O. The fourth-order valence-electron chi connectivity index (χ4n) is 3.92. The first-order valence-electron chi connectivity index (χ1n) is 7.14. The van der Waals surface area contributed by atoms with Crippen LogP contribution in [0.3, 0.4) is 0 Å². The largest absolute Gasteiger partial charge is 0.483 e. The number of benzene rings is 2. The standard InChI is InChI=1S/C18H16Cl2O/c1-16-15(12-8-4-3-5-9-12)13-10-6-7-11-14(13)21-17(16,2)18(16,19)20/h3-11,15H,1-2H3/t15-,16+,17-/m0/s1. The molecule has 1 heterocycles. The third-order valence-corrected chi connectivity index (χ3v) is 6.94. The van der Waals surface area contributed by atoms with Gasteiger partial charge in [-0.1, -0.05) is 78.7 Å². The second-order valence-electron chi connectivity index (χ2n) is 6.29. The van der Waals surface area contributed by atoms with Gasteiger partial charge >= 0.3 is 0 Å². The van der Waals surface area contributed by atoms with Crippen molar-refractivity contribution >= 4 is 23.2 Å². The van der Waals surface area contributed by atoms with Crippen molar-refractivity contribution in [1.82, 2.24) is 0 Å². The van der Waals surface area contributed by atoms with Crippen molar-refractivity contribution in [2.24, 2.45) is 5.41 Å². The zero-order chi connectivity index (χ0) is 14.9. The van der Waals surface area contributed by atoms with Gasteiger partial charge in [0.1, 0.15) is 11.4 Å². The second kappa shape index (κ2) is 3.97. The topological polar surface area (TPSA) is 9.23 Å². The Morgan fingerprint density at radius 3 is 2.24 bits per heavy atom. The summed E-state index contributed by atoms with van der Waals surface area (Å²) in [5.41, 5.74) is 1.47. The maximum absolute atomic E-state index is 6.67. The van der Waals surface area contributed by atoms with Crippen molar-refractivity contribution in [3.05, 3.63) is 65.7 Å². The van der Waals surface area contributed by atoms with E-state index in [2.05, 4.69) is 37.3 Å². The van der Waals surface area contributed by atoms with Crippen LogP contribution in [0.4, 0.5) is 0 Å². The molecule has 0 unspecified atom stereocenters. The summed E-state index contributed by atoms with van der Waals surface area (Å²) >= 11 is 13.3. The van der Waals surface area contributed by atoms with Gasteiger partial charge in [0.05, 0.1) is 5.41 Å². The van der Waals surface area contributed by atoms with Crippen LogP contribution in [0.5, 0.6) is 5.75 Å². The number of para-hydroxylation sites is 1. The molecule has 0 amide bonds. The minimum Gasteiger partial charge on any atom is -0.483 e. The van der Waals surface area contributed by atoms with E-state index >= 15 is 0 Å². The van der Waals surface area contributed by atoms with Crippen LogP contribution in [-0.4, -0.2) is 9.93 Å². The average Bonchev–Trinajstić information content (AvgIpc) is 2.83. The van der Waals surface area contributed by atoms with Crippen molar-refractivity contribution in [2.45, 2.75) is 29.7 Å². The molecule has 2 aromatic carbocycles. The minimum absolute atomic E-state index is 0.128. The fraction of sp³-hybridized carbons (Fsp3) is 0.333. The van der Waals surface area contributed by atoms with E-state index in [4.69, 9.17) is 27.9 Å². The van der Waals surface area contributed by atoms with Crippen LogP contribution in [0.25, 0.3) is 0 Å². The van der Waals surface area contributed by atoms with E-state index in [1.807, 2.05) is 31.2 Å². The van der Waals surface area contributed by atoms with Crippen molar-refractivity contribution in [3.8, 4) is 5.75 Å². The Morgan fingerprint density at radius 1 is 0.905 bits per heavy atom. The molecule has 2 aliphatic rings. The van der Waals surface area contributed by atoms with Crippen LogP contribution in [0.15, 0.2) is 54.6 Å². The molecule has 0 spiro atoms. The summed E-state index contributed by atoms with van der Waals surface area (Å²) in [7, 11) is 0. The third kappa shape index (κ3) is 1.39. The maximum Gasteiger partial charge on any atom is 0.168 e. The highest BCUT2D eigenvalue weighted by molar-refractivity contribution is 6.53. The van der Waals surface area contributed by atoms with Gasteiger partial charge in [0.15, 0.2) is 4.33 Å². The summed E-state index contributed by atoms with van der Waals surface area (Å²) in [4.78, 5) is 0. The highest BCUT2D eigenvalue weighted by Crippen LogP contribution is 2.81. The number of hydrogen-bond acceptors (Lipinski definition) is 1. The molecule has 0 radical (unpaired) electrons. The molecule has 3 atom stereocenters. The van der Waals surface area contributed by atoms with E-state index in [1.54, 1.807) is 0 Å². The lowest BCUT2D eigenvalue weighted by Gasteiger charge is -2.35. The molecular weight excluding hydrogens is 303 g/mol. The summed E-state index contributed by atoms with van der Waals surface area (Å²) < 4.78 is 5.30. The first kappa shape index (κ1) is 13.5. The molecule has 1 aliphatic heterocycles. The minimum atomic E-state index is -0.903. The van der Waals surface area contributed by atoms with Gasteiger partial charge in [-0.2, -0.15) is 0 Å². The number of halogens is 2. The highest BCUT2D eigenvalue weighted by atomic mass is 35.5. The van der Waals surface area contributed by atoms with E-state index in [0.717, 1.165) is 11.3 Å². The summed E-state index contributed by atoms with van der Waals surface area (Å²) in [5.74, 6) is 1.01. The normalized spacial score (nSPS) is 35.3. The Kier molecular flexibility index (Phi) is 2.55. The molecule has 1 aliphatic carbocycles. The van der Waals surface area contributed by atoms with Crippen molar-refractivity contribution in [3.63, 3.8) is 0 Å². The lowest BCUT2D eigenvalue weighted by molar-refractivity contribution is 0.121. The molecule has 21 heavy (non-hydrogen) atoms. The number of ether oxygens (including phenoxy) is 1. The predicted molar refractivity (Wildman–Crippen MR) is 86.3 cm³/mol. The molecule has 0 saturated heterocycles. The maximum atomic E-state index is 6.67. The van der Waals surface area contributed by atoms with Gasteiger partial charge < -0.3 is 4.74 Å². The molecule has 4 rings (SSSR count). The number of fused-ring (bicyclic) bond motifs is 2. The number of alkyl halides is 2. The molecule has 1 fully saturated rings. The van der Waals surface area contributed by atoms with Gasteiger partial charge in [-0.25, -0.2) is 0 Å². The predicted octanol–water partition coefficient (Wildman–Crippen LogP) is 5.16. The Balaban J connectivity index is 1.98. The Morgan fingerprint density at radius 2 is 1.52 bits per heavy atom. The van der Waals surface area contributed by atoms with Crippen LogP contribution in [0, 0.1) is 5.41 Å². The van der Waals surface area contributed by atoms with Crippen LogP contribution in [-0.2, 0) is 0 Å². The zero-order valence-electron chi connectivity index (χ0n) is 11.9. The molecule has 3 heteroatoms. The first-order valence-corrected chi connectivity index (χ1v) is 7.90. The lowest BCUT2D eigenvalue weighted by Crippen LogP contribution is -2.32. The average molecular weight is 319 g/mol. The van der Waals surface area contributed by atoms with E-state index in [-0.39, 0.29) is 11.3 Å². The van der Waals surface area contributed by atoms with Crippen LogP contribution >= 0.6 is 23.2 Å². The van der Waals surface area contributed by atoms with E-state index < -0.39 is 9.93 Å². The van der Waals surface area contributed by atoms with Gasteiger partial charge in [-0.15, -0.1) is 0 Å². The van der Waals surface area contributed by atoms with E-state index in [9.17, 15) is 0 Å². The lowest BCUT2D eigenvalue weighted by atomic mass is 9.75. The first-order chi connectivity index (χ1) is 9.93. The summed E-state index contributed by atoms with van der Waals surface area (Å²) in [6, 6.07) is 18.6. The van der Waals surface area contributed by atoms with Gasteiger partial charge in [-0.05, 0) is 18.6 Å². The van der Waals surface area contributed by atoms with Crippen LogP contribution in [0.2, 0.25) is 0 Å². The second-order valence-corrected chi connectivity index (χ2v) is 7.62. The van der Waals surface area contributed by atoms with Crippen molar-refractivity contribution in [1.29, 1.82) is 0 Å². The molecule has 108 valence electrons. The van der Waals surface area contributed by atoms with Gasteiger partial charge in [-0.3, -0.25) is 0 Å². The monoisotopic (exact) mass is 318 g/mol. The van der Waals surface area contributed by atoms with Gasteiger partial charge in [0.25, 0.3) is 0 Å². The third-order valence-electron chi connectivity index (χ3n) is 5.43. The molecule has 2 aromatic rings. The smallest absolute Gasteiger partial charge is 0.168 e. The molecule has 1 nitrogen and oxygen atoms in total. The number of rotatable bonds is 1. The Bertz CT molecular complexity index is 712. The zero-order valence-corrected chi connectivity index (χ0v) is 13.4. The van der Waals surface area contributed by atoms with Crippen LogP contribution < -0.4 is 4.74 Å². The van der Waals surface area contributed by atoms with Crippen molar-refractivity contribution in [2.75, 3.05) is 0 Å².